The molecule has 0 aliphatic rings. The molecule has 4 aromatic rings. The molecule has 0 fully saturated rings. The highest BCUT2D eigenvalue weighted by atomic mass is 32.1. The molecule has 2 heterocycles. The second kappa shape index (κ2) is 6.65. The first kappa shape index (κ1) is 16.9. The van der Waals surface area contributed by atoms with Gasteiger partial charge in [0.2, 0.25) is 0 Å². The van der Waals surface area contributed by atoms with E-state index in [1.54, 1.807) is 29.8 Å². The van der Waals surface area contributed by atoms with Crippen LogP contribution in [0.1, 0.15) is 25.9 Å². The maximum atomic E-state index is 12.5. The number of hydrogen-bond acceptors (Lipinski definition) is 5. The molecular weight excluding hydrogens is 364 g/mol. The van der Waals surface area contributed by atoms with Gasteiger partial charge in [-0.3, -0.25) is 9.89 Å². The van der Waals surface area contributed by atoms with Gasteiger partial charge in [0.05, 0.1) is 28.0 Å². The van der Waals surface area contributed by atoms with Crippen molar-refractivity contribution < 1.29 is 14.7 Å². The number of nitrogens with one attached hydrogen (secondary N) is 2. The number of carbonyl (C=O) groups excluding carboxylic acids is 1. The first-order valence-electron chi connectivity index (χ1n) is 8.05. The summed E-state index contributed by atoms with van der Waals surface area (Å²) in [5.74, 6) is -1.30. The van der Waals surface area contributed by atoms with Crippen molar-refractivity contribution in [3.63, 3.8) is 0 Å². The molecule has 7 nitrogen and oxygen atoms in total. The van der Waals surface area contributed by atoms with Gasteiger partial charge in [0.25, 0.3) is 5.91 Å². The largest absolute Gasteiger partial charge is 0.478 e. The van der Waals surface area contributed by atoms with E-state index in [1.165, 1.54) is 17.4 Å². The number of aryl methyl sites for hydroxylation is 1. The van der Waals surface area contributed by atoms with Crippen LogP contribution < -0.4 is 5.32 Å². The van der Waals surface area contributed by atoms with Crippen LogP contribution in [0.4, 0.5) is 5.69 Å². The molecule has 0 atom stereocenters. The first-order valence-corrected chi connectivity index (χ1v) is 8.93. The Kier molecular flexibility index (Phi) is 4.17. The van der Waals surface area contributed by atoms with E-state index in [4.69, 9.17) is 0 Å². The van der Waals surface area contributed by atoms with E-state index in [0.717, 1.165) is 27.0 Å². The van der Waals surface area contributed by atoms with Gasteiger partial charge in [-0.2, -0.15) is 5.10 Å². The van der Waals surface area contributed by atoms with Gasteiger partial charge in [0.15, 0.2) is 0 Å². The van der Waals surface area contributed by atoms with Crippen LogP contribution >= 0.6 is 11.3 Å². The molecule has 0 bridgehead atoms. The summed E-state index contributed by atoms with van der Waals surface area (Å²) in [4.78, 5) is 28.0. The van der Waals surface area contributed by atoms with Gasteiger partial charge < -0.3 is 10.4 Å². The highest BCUT2D eigenvalue weighted by Crippen LogP contribution is 2.31. The van der Waals surface area contributed by atoms with Crippen molar-refractivity contribution in [1.29, 1.82) is 0 Å². The highest BCUT2D eigenvalue weighted by molar-refractivity contribution is 7.09. The fourth-order valence-electron chi connectivity index (χ4n) is 2.81. The van der Waals surface area contributed by atoms with Crippen LogP contribution in [-0.4, -0.2) is 32.2 Å². The van der Waals surface area contributed by atoms with Gasteiger partial charge in [-0.05, 0) is 42.3 Å². The average molecular weight is 378 g/mol. The lowest BCUT2D eigenvalue weighted by atomic mass is 10.0. The Morgan fingerprint density at radius 1 is 1.19 bits per heavy atom. The third-order valence-electron chi connectivity index (χ3n) is 4.10. The zero-order chi connectivity index (χ0) is 19.0. The molecule has 0 saturated heterocycles. The third kappa shape index (κ3) is 3.30. The molecule has 0 radical (unpaired) electrons. The van der Waals surface area contributed by atoms with E-state index < -0.39 is 5.97 Å². The van der Waals surface area contributed by atoms with Gasteiger partial charge in [-0.1, -0.05) is 12.1 Å². The number of aromatic nitrogens is 3. The van der Waals surface area contributed by atoms with E-state index in [2.05, 4.69) is 20.5 Å². The molecule has 3 N–H and O–H groups in total. The second-order valence-corrected chi connectivity index (χ2v) is 7.01. The number of amides is 1. The van der Waals surface area contributed by atoms with Crippen molar-refractivity contribution >= 4 is 39.8 Å². The van der Waals surface area contributed by atoms with E-state index in [1.807, 2.05) is 19.1 Å². The van der Waals surface area contributed by atoms with Crippen LogP contribution in [0.3, 0.4) is 0 Å². The number of anilines is 1. The predicted molar refractivity (Wildman–Crippen MR) is 103 cm³/mol. The Labute approximate surface area is 157 Å². The monoisotopic (exact) mass is 378 g/mol. The zero-order valence-electron chi connectivity index (χ0n) is 14.2. The molecule has 0 aliphatic heterocycles. The number of hydrogen-bond donors (Lipinski definition) is 3. The summed E-state index contributed by atoms with van der Waals surface area (Å²) in [5.41, 5.74) is 3.35. The van der Waals surface area contributed by atoms with Crippen LogP contribution in [0.2, 0.25) is 0 Å². The summed E-state index contributed by atoms with van der Waals surface area (Å²) < 4.78 is 0. The normalized spacial score (nSPS) is 10.9. The molecule has 4 rings (SSSR count). The number of aromatic carboxylic acids is 1. The van der Waals surface area contributed by atoms with E-state index in [9.17, 15) is 14.7 Å². The Morgan fingerprint density at radius 3 is 2.78 bits per heavy atom. The average Bonchev–Trinajstić information content (AvgIpc) is 3.30. The van der Waals surface area contributed by atoms with Crippen LogP contribution in [0.5, 0.6) is 0 Å². The summed E-state index contributed by atoms with van der Waals surface area (Å²) in [6.45, 7) is 1.84. The minimum atomic E-state index is -0.994. The van der Waals surface area contributed by atoms with Crippen molar-refractivity contribution in [2.75, 3.05) is 5.32 Å². The standard InChI is InChI=1S/C19H14N4O3S/c1-10-21-17(9-27-10)18(24)22-15-6-13(7-16-14(15)8-20-23-16)11-3-2-4-12(5-11)19(25)26/h2-9H,1H3,(H,20,23)(H,22,24)(H,25,26). The Morgan fingerprint density at radius 2 is 2.04 bits per heavy atom. The summed E-state index contributed by atoms with van der Waals surface area (Å²) >= 11 is 1.41. The lowest BCUT2D eigenvalue weighted by Gasteiger charge is -2.09. The van der Waals surface area contributed by atoms with Gasteiger partial charge >= 0.3 is 5.97 Å². The Bertz CT molecular complexity index is 1180. The van der Waals surface area contributed by atoms with Crippen molar-refractivity contribution in [1.82, 2.24) is 15.2 Å². The summed E-state index contributed by atoms with van der Waals surface area (Å²) in [7, 11) is 0. The predicted octanol–water partition coefficient (Wildman–Crippen LogP) is 3.95. The lowest BCUT2D eigenvalue weighted by molar-refractivity contribution is 0.0696. The van der Waals surface area contributed by atoms with Crippen molar-refractivity contribution in [2.45, 2.75) is 6.92 Å². The Hall–Kier alpha value is -3.52. The maximum Gasteiger partial charge on any atom is 0.335 e. The fraction of sp³-hybridized carbons (Fsp3) is 0.0526. The molecule has 0 saturated carbocycles. The van der Waals surface area contributed by atoms with Crippen LogP contribution in [0, 0.1) is 6.92 Å². The number of H-pyrrole nitrogens is 1. The lowest BCUT2D eigenvalue weighted by Crippen LogP contribution is -2.12. The smallest absolute Gasteiger partial charge is 0.335 e. The quantitative estimate of drug-likeness (QED) is 0.498. The zero-order valence-corrected chi connectivity index (χ0v) is 15.0. The van der Waals surface area contributed by atoms with Gasteiger partial charge in [-0.25, -0.2) is 9.78 Å². The van der Waals surface area contributed by atoms with E-state index in [-0.39, 0.29) is 11.5 Å². The topological polar surface area (TPSA) is 108 Å². The van der Waals surface area contributed by atoms with E-state index >= 15 is 0 Å². The number of carbonyl (C=O) groups is 2. The molecule has 0 spiro atoms. The molecule has 8 heteroatoms. The number of benzene rings is 2. The first-order chi connectivity index (χ1) is 13.0. The minimum absolute atomic E-state index is 0.195. The fourth-order valence-corrected chi connectivity index (χ4v) is 3.40. The second-order valence-electron chi connectivity index (χ2n) is 5.95. The molecule has 1 amide bonds. The maximum absolute atomic E-state index is 12.5. The third-order valence-corrected chi connectivity index (χ3v) is 4.87. The SMILES string of the molecule is Cc1nc(C(=O)Nc2cc(-c3cccc(C(=O)O)c3)cc3[nH]ncc23)cs1. The van der Waals surface area contributed by atoms with Gasteiger partial charge in [0, 0.05) is 10.8 Å². The van der Waals surface area contributed by atoms with Gasteiger partial charge in [0.1, 0.15) is 5.69 Å². The summed E-state index contributed by atoms with van der Waals surface area (Å²) in [6, 6.07) is 10.3. The molecule has 134 valence electrons. The van der Waals surface area contributed by atoms with Crippen LogP contribution in [0.25, 0.3) is 22.0 Å². The number of nitrogens with zero attached hydrogens (tertiary/aromatic N) is 2. The van der Waals surface area contributed by atoms with Crippen molar-refractivity contribution in [3.8, 4) is 11.1 Å². The summed E-state index contributed by atoms with van der Waals surface area (Å²) in [5, 5.41) is 22.3. The molecule has 2 aromatic carbocycles. The van der Waals surface area contributed by atoms with Crippen molar-refractivity contribution in [2.24, 2.45) is 0 Å². The summed E-state index contributed by atoms with van der Waals surface area (Å²) in [6.07, 6.45) is 1.63. The van der Waals surface area contributed by atoms with Crippen LogP contribution in [0.15, 0.2) is 48.0 Å². The Balaban J connectivity index is 1.77. The number of fused-ring (bicyclic) bond motifs is 1. The van der Waals surface area contributed by atoms with Crippen LogP contribution in [-0.2, 0) is 0 Å². The molecular formula is C19H14N4O3S. The number of carboxylic acid groups (broad SMARTS) is 1. The number of rotatable bonds is 4. The molecule has 2 aromatic heterocycles. The number of carboxylic acids is 1. The molecule has 0 aliphatic carbocycles. The number of aromatic amines is 1. The van der Waals surface area contributed by atoms with Gasteiger partial charge in [-0.15, -0.1) is 11.3 Å². The molecule has 0 unspecified atom stereocenters. The van der Waals surface area contributed by atoms with E-state index in [0.29, 0.717) is 11.4 Å². The molecule has 27 heavy (non-hydrogen) atoms. The number of thiazole rings is 1. The highest BCUT2D eigenvalue weighted by Gasteiger charge is 2.14. The van der Waals surface area contributed by atoms with Crippen molar-refractivity contribution in [3.05, 3.63) is 64.2 Å². The minimum Gasteiger partial charge on any atom is -0.478 e.